The molecule has 2 N–H and O–H groups in total. The van der Waals surface area contributed by atoms with Gasteiger partial charge < -0.3 is 5.32 Å². The van der Waals surface area contributed by atoms with Crippen molar-refractivity contribution in [2.45, 2.75) is 6.92 Å². The van der Waals surface area contributed by atoms with Crippen LogP contribution in [0.15, 0.2) is 59.0 Å². The lowest BCUT2D eigenvalue weighted by molar-refractivity contribution is 0.0956. The molecule has 0 saturated carbocycles. The lowest BCUT2D eigenvalue weighted by Gasteiger charge is -2.09. The highest BCUT2D eigenvalue weighted by atomic mass is 32.1. The van der Waals surface area contributed by atoms with Crippen LogP contribution in [0, 0.1) is 6.92 Å². The van der Waals surface area contributed by atoms with E-state index in [4.69, 9.17) is 0 Å². The maximum atomic E-state index is 12.4. The molecule has 0 aliphatic heterocycles. The van der Waals surface area contributed by atoms with Crippen molar-refractivity contribution < 1.29 is 9.59 Å². The molecule has 0 radical (unpaired) electrons. The molecule has 0 fully saturated rings. The number of hydrazone groups is 1. The van der Waals surface area contributed by atoms with Crippen LogP contribution in [-0.2, 0) is 0 Å². The minimum Gasteiger partial charge on any atom is -0.321 e. The van der Waals surface area contributed by atoms with E-state index in [2.05, 4.69) is 15.8 Å². The standard InChI is InChI=1S/C18H15N3O2S2/c1-12-8-9-13(25-12)11-19-21-17(22)14-5-2-3-6-15(14)20-18(23)16-7-4-10-24-16/h2-11H,1H3,(H,20,23)(H,21,22)/b19-11-. The summed E-state index contributed by atoms with van der Waals surface area (Å²) in [5.74, 6) is -0.626. The third-order valence-electron chi connectivity index (χ3n) is 3.28. The minimum absolute atomic E-state index is 0.243. The Bertz CT molecular complexity index is 914. The van der Waals surface area contributed by atoms with Gasteiger partial charge in [0.1, 0.15) is 0 Å². The summed E-state index contributed by atoms with van der Waals surface area (Å²) in [7, 11) is 0. The van der Waals surface area contributed by atoms with Crippen LogP contribution in [0.5, 0.6) is 0 Å². The zero-order valence-electron chi connectivity index (χ0n) is 13.4. The van der Waals surface area contributed by atoms with Crippen molar-refractivity contribution >= 4 is 46.4 Å². The van der Waals surface area contributed by atoms with E-state index in [1.165, 1.54) is 16.2 Å². The van der Waals surface area contributed by atoms with Crippen LogP contribution in [0.2, 0.25) is 0 Å². The predicted octanol–water partition coefficient (Wildman–Crippen LogP) is 4.13. The highest BCUT2D eigenvalue weighted by Crippen LogP contribution is 2.18. The number of carbonyl (C=O) groups is 2. The Balaban J connectivity index is 1.70. The predicted molar refractivity (Wildman–Crippen MR) is 103 cm³/mol. The summed E-state index contributed by atoms with van der Waals surface area (Å²) in [4.78, 5) is 27.3. The van der Waals surface area contributed by atoms with Gasteiger partial charge in [0.2, 0.25) is 0 Å². The van der Waals surface area contributed by atoms with Gasteiger partial charge in [-0.2, -0.15) is 5.10 Å². The molecule has 126 valence electrons. The lowest BCUT2D eigenvalue weighted by Crippen LogP contribution is -2.21. The number of nitrogens with zero attached hydrogens (tertiary/aromatic N) is 1. The highest BCUT2D eigenvalue weighted by Gasteiger charge is 2.14. The molecule has 0 aliphatic carbocycles. The Labute approximate surface area is 153 Å². The van der Waals surface area contributed by atoms with E-state index in [0.29, 0.717) is 16.1 Å². The van der Waals surface area contributed by atoms with Gasteiger partial charge >= 0.3 is 0 Å². The fourth-order valence-electron chi connectivity index (χ4n) is 2.12. The number of aryl methyl sites for hydroxylation is 1. The first-order chi connectivity index (χ1) is 12.1. The third kappa shape index (κ3) is 4.40. The Morgan fingerprint density at radius 2 is 1.88 bits per heavy atom. The fourth-order valence-corrected chi connectivity index (χ4v) is 3.49. The average Bonchev–Trinajstić information content (AvgIpc) is 3.27. The van der Waals surface area contributed by atoms with Crippen molar-refractivity contribution in [2.24, 2.45) is 5.10 Å². The second-order valence-corrected chi connectivity index (χ2v) is 7.39. The molecule has 0 atom stereocenters. The molecule has 2 heterocycles. The summed E-state index contributed by atoms with van der Waals surface area (Å²) in [6.07, 6.45) is 1.60. The van der Waals surface area contributed by atoms with Crippen molar-refractivity contribution in [1.29, 1.82) is 0 Å². The molecule has 3 rings (SSSR count). The van der Waals surface area contributed by atoms with E-state index < -0.39 is 0 Å². The monoisotopic (exact) mass is 369 g/mol. The second-order valence-electron chi connectivity index (χ2n) is 5.12. The van der Waals surface area contributed by atoms with Crippen molar-refractivity contribution in [3.05, 3.63) is 74.1 Å². The van der Waals surface area contributed by atoms with Gasteiger partial charge in [0.25, 0.3) is 11.8 Å². The fraction of sp³-hybridized carbons (Fsp3) is 0.0556. The number of hydrogen-bond acceptors (Lipinski definition) is 5. The SMILES string of the molecule is Cc1ccc(/C=N\NC(=O)c2ccccc2NC(=O)c2cccs2)s1. The van der Waals surface area contributed by atoms with E-state index in [1.54, 1.807) is 53.9 Å². The number of hydrogen-bond donors (Lipinski definition) is 2. The van der Waals surface area contributed by atoms with Crippen molar-refractivity contribution in [3.63, 3.8) is 0 Å². The van der Waals surface area contributed by atoms with E-state index in [-0.39, 0.29) is 11.8 Å². The Kier molecular flexibility index (Phi) is 5.37. The van der Waals surface area contributed by atoms with Gasteiger partial charge in [0.15, 0.2) is 0 Å². The van der Waals surface area contributed by atoms with Crippen LogP contribution < -0.4 is 10.7 Å². The van der Waals surface area contributed by atoms with E-state index in [0.717, 1.165) is 4.88 Å². The summed E-state index contributed by atoms with van der Waals surface area (Å²) in [6, 6.07) is 14.3. The maximum absolute atomic E-state index is 12.4. The molecule has 0 aliphatic rings. The summed E-state index contributed by atoms with van der Waals surface area (Å²) in [5.41, 5.74) is 3.29. The molecule has 25 heavy (non-hydrogen) atoms. The van der Waals surface area contributed by atoms with E-state index in [9.17, 15) is 9.59 Å². The molecule has 0 saturated heterocycles. The number of carbonyl (C=O) groups excluding carboxylic acids is 2. The average molecular weight is 369 g/mol. The number of thiophene rings is 2. The van der Waals surface area contributed by atoms with Crippen LogP contribution in [0.25, 0.3) is 0 Å². The van der Waals surface area contributed by atoms with Crippen molar-refractivity contribution in [1.82, 2.24) is 5.43 Å². The summed E-state index contributed by atoms with van der Waals surface area (Å²) in [6.45, 7) is 2.01. The molecule has 2 aromatic heterocycles. The first-order valence-electron chi connectivity index (χ1n) is 7.47. The first kappa shape index (κ1) is 17.1. The summed E-state index contributed by atoms with van der Waals surface area (Å²) < 4.78 is 0. The van der Waals surface area contributed by atoms with Gasteiger partial charge in [-0.15, -0.1) is 22.7 Å². The van der Waals surface area contributed by atoms with Crippen LogP contribution in [-0.4, -0.2) is 18.0 Å². The van der Waals surface area contributed by atoms with Gasteiger partial charge in [-0.25, -0.2) is 5.43 Å². The van der Waals surface area contributed by atoms with Crippen LogP contribution in [0.4, 0.5) is 5.69 Å². The van der Waals surface area contributed by atoms with Crippen LogP contribution in [0.3, 0.4) is 0 Å². The normalized spacial score (nSPS) is 10.8. The molecule has 3 aromatic rings. The molecule has 0 unspecified atom stereocenters. The zero-order chi connectivity index (χ0) is 17.6. The molecule has 0 spiro atoms. The quantitative estimate of drug-likeness (QED) is 0.524. The number of nitrogens with one attached hydrogen (secondary N) is 2. The van der Waals surface area contributed by atoms with Crippen molar-refractivity contribution in [2.75, 3.05) is 5.32 Å². The summed E-state index contributed by atoms with van der Waals surface area (Å²) in [5, 5.41) is 8.57. The molecule has 7 heteroatoms. The van der Waals surface area contributed by atoms with Gasteiger partial charge in [0, 0.05) is 9.75 Å². The maximum Gasteiger partial charge on any atom is 0.273 e. The van der Waals surface area contributed by atoms with Crippen LogP contribution in [0.1, 0.15) is 29.8 Å². The number of amides is 2. The number of benzene rings is 1. The Hall–Kier alpha value is -2.77. The number of para-hydroxylation sites is 1. The van der Waals surface area contributed by atoms with Crippen LogP contribution >= 0.6 is 22.7 Å². The molecular formula is C18H15N3O2S2. The molecule has 2 amide bonds. The largest absolute Gasteiger partial charge is 0.321 e. The van der Waals surface area contributed by atoms with Gasteiger partial charge in [-0.1, -0.05) is 18.2 Å². The van der Waals surface area contributed by atoms with Crippen molar-refractivity contribution in [3.8, 4) is 0 Å². The van der Waals surface area contributed by atoms with Gasteiger partial charge in [-0.3, -0.25) is 9.59 Å². The second kappa shape index (κ2) is 7.87. The molecule has 1 aromatic carbocycles. The molecule has 5 nitrogen and oxygen atoms in total. The number of anilines is 1. The molecule has 0 bridgehead atoms. The lowest BCUT2D eigenvalue weighted by atomic mass is 10.1. The smallest absolute Gasteiger partial charge is 0.273 e. The number of rotatable bonds is 5. The zero-order valence-corrected chi connectivity index (χ0v) is 15.0. The summed E-state index contributed by atoms with van der Waals surface area (Å²) >= 11 is 2.93. The Morgan fingerprint density at radius 1 is 1.04 bits per heavy atom. The topological polar surface area (TPSA) is 70.6 Å². The minimum atomic E-state index is -0.383. The van der Waals surface area contributed by atoms with Gasteiger partial charge in [0.05, 0.1) is 22.3 Å². The van der Waals surface area contributed by atoms with E-state index >= 15 is 0 Å². The van der Waals surface area contributed by atoms with E-state index in [1.807, 2.05) is 24.4 Å². The highest BCUT2D eigenvalue weighted by molar-refractivity contribution is 7.13. The molecular weight excluding hydrogens is 354 g/mol. The Morgan fingerprint density at radius 3 is 2.60 bits per heavy atom. The first-order valence-corrected chi connectivity index (χ1v) is 9.17. The van der Waals surface area contributed by atoms with Gasteiger partial charge in [-0.05, 0) is 42.6 Å². The third-order valence-corrected chi connectivity index (χ3v) is 5.09.